The monoisotopic (exact) mass is 520 g/mol. The maximum absolute atomic E-state index is 12.7. The lowest BCUT2D eigenvalue weighted by atomic mass is 9.46. The normalized spacial score (nSPS) is 40.2. The van der Waals surface area contributed by atoms with Gasteiger partial charge in [-0.1, -0.05) is 25.5 Å². The molecule has 4 unspecified atom stereocenters. The maximum Gasteiger partial charge on any atom is 0.308 e. The average molecular weight is 521 g/mol. The topological polar surface area (TPSA) is 162 Å². The number of rotatable bonds is 9. The Hall–Kier alpha value is -2.07. The van der Waals surface area contributed by atoms with E-state index in [1.807, 2.05) is 13.0 Å². The van der Waals surface area contributed by atoms with Gasteiger partial charge in [-0.2, -0.15) is 0 Å². The van der Waals surface area contributed by atoms with Gasteiger partial charge in [0.05, 0.1) is 43.4 Å². The Balaban J connectivity index is 1.38. The first-order chi connectivity index (χ1) is 17.3. The first kappa shape index (κ1) is 28.0. The summed E-state index contributed by atoms with van der Waals surface area (Å²) in [7, 11) is 0. The number of aliphatic hydroxyl groups excluding tert-OH is 3. The summed E-state index contributed by atoms with van der Waals surface area (Å²) in [6.07, 6.45) is 4.73. The molecule has 9 heteroatoms. The fraction of sp³-hybridized carbons (Fsp3) is 0.750. The number of aliphatic carboxylic acids is 1. The van der Waals surface area contributed by atoms with Gasteiger partial charge in [0.25, 0.3) is 0 Å². The van der Waals surface area contributed by atoms with Crippen LogP contribution < -0.4 is 0 Å². The van der Waals surface area contributed by atoms with Crippen LogP contribution in [-0.2, 0) is 19.1 Å². The third-order valence-electron chi connectivity index (χ3n) is 9.92. The minimum absolute atomic E-state index is 0.0150. The van der Waals surface area contributed by atoms with Gasteiger partial charge in [-0.15, -0.1) is 0 Å². The second-order valence-electron chi connectivity index (χ2n) is 12.1. The lowest BCUT2D eigenvalue weighted by molar-refractivity contribution is -0.178. The number of hydrogen-bond acceptors (Lipinski definition) is 8. The van der Waals surface area contributed by atoms with E-state index >= 15 is 0 Å². The van der Waals surface area contributed by atoms with Gasteiger partial charge in [0, 0.05) is 23.2 Å². The van der Waals surface area contributed by atoms with Crippen molar-refractivity contribution in [2.24, 2.45) is 28.6 Å². The summed E-state index contributed by atoms with van der Waals surface area (Å²) >= 11 is 0. The number of carbonyl (C=O) groups is 3. The standard InChI is InChI=1S/C28H40O9/c1-26-8-5-17(29)11-16(26)3-4-20-21-6-9-28(36,27(21,2)14-22(32)25(20)26)15-24(35)37-10-7-18(30)12-19(31)13-23(33)34/h5,8,11,18-22,25,30-32,36H,3-4,6-7,9-10,12-15H2,1-2H3,(H,33,34)/t18-,19-,20?,21?,22?,25?,26-,27-,28-/m0/s1. The smallest absolute Gasteiger partial charge is 0.308 e. The fourth-order valence-electron chi connectivity index (χ4n) is 8.03. The molecule has 3 fully saturated rings. The number of esters is 1. The Bertz CT molecular complexity index is 988. The van der Waals surface area contributed by atoms with Crippen LogP contribution in [0.4, 0.5) is 0 Å². The molecule has 9 atom stereocenters. The van der Waals surface area contributed by atoms with Gasteiger partial charge < -0.3 is 30.3 Å². The molecule has 9 nitrogen and oxygen atoms in total. The molecule has 37 heavy (non-hydrogen) atoms. The molecule has 0 saturated heterocycles. The predicted octanol–water partition coefficient (Wildman–Crippen LogP) is 1.91. The quantitative estimate of drug-likeness (QED) is 0.286. The fourth-order valence-corrected chi connectivity index (χ4v) is 8.03. The van der Waals surface area contributed by atoms with Crippen LogP contribution in [0.2, 0.25) is 0 Å². The molecule has 4 rings (SSSR count). The number of allylic oxidation sites excluding steroid dienone is 4. The molecule has 0 bridgehead atoms. The maximum atomic E-state index is 12.7. The molecular formula is C28H40O9. The highest BCUT2D eigenvalue weighted by atomic mass is 16.5. The van der Waals surface area contributed by atoms with E-state index in [1.165, 1.54) is 0 Å². The average Bonchev–Trinajstić information content (AvgIpc) is 3.03. The summed E-state index contributed by atoms with van der Waals surface area (Å²) in [6, 6.07) is 0. The Morgan fingerprint density at radius 1 is 1.19 bits per heavy atom. The number of carbonyl (C=O) groups excluding carboxylic acids is 2. The molecule has 0 heterocycles. The highest BCUT2D eigenvalue weighted by molar-refractivity contribution is 6.01. The zero-order chi connectivity index (χ0) is 27.2. The zero-order valence-electron chi connectivity index (χ0n) is 21.6. The second kappa shape index (κ2) is 10.2. The van der Waals surface area contributed by atoms with Crippen LogP contribution in [0.1, 0.15) is 71.6 Å². The molecule has 5 N–H and O–H groups in total. The van der Waals surface area contributed by atoms with Crippen molar-refractivity contribution in [1.29, 1.82) is 0 Å². The van der Waals surface area contributed by atoms with Crippen molar-refractivity contribution in [3.63, 3.8) is 0 Å². The van der Waals surface area contributed by atoms with Crippen molar-refractivity contribution in [2.75, 3.05) is 6.61 Å². The number of fused-ring (bicyclic) bond motifs is 5. The van der Waals surface area contributed by atoms with Crippen LogP contribution >= 0.6 is 0 Å². The Morgan fingerprint density at radius 2 is 1.92 bits per heavy atom. The molecule has 0 aliphatic heterocycles. The van der Waals surface area contributed by atoms with Crippen molar-refractivity contribution >= 4 is 17.7 Å². The van der Waals surface area contributed by atoms with E-state index in [0.717, 1.165) is 24.8 Å². The van der Waals surface area contributed by atoms with Crippen molar-refractivity contribution in [3.8, 4) is 0 Å². The van der Waals surface area contributed by atoms with Crippen molar-refractivity contribution in [3.05, 3.63) is 23.8 Å². The van der Waals surface area contributed by atoms with Gasteiger partial charge in [0.1, 0.15) is 0 Å². The van der Waals surface area contributed by atoms with E-state index in [9.17, 15) is 34.8 Å². The van der Waals surface area contributed by atoms with E-state index in [1.54, 1.807) is 12.2 Å². The van der Waals surface area contributed by atoms with Crippen LogP contribution in [0, 0.1) is 28.6 Å². The van der Waals surface area contributed by atoms with E-state index in [2.05, 4.69) is 6.92 Å². The summed E-state index contributed by atoms with van der Waals surface area (Å²) in [5, 5.41) is 51.5. The number of ketones is 1. The summed E-state index contributed by atoms with van der Waals surface area (Å²) in [5.41, 5.74) is -1.32. The Labute approximate surface area is 217 Å². The van der Waals surface area contributed by atoms with Crippen LogP contribution in [-0.4, -0.2) is 73.8 Å². The number of aliphatic hydroxyl groups is 4. The third kappa shape index (κ3) is 5.15. The molecule has 0 amide bonds. The molecule has 206 valence electrons. The molecular weight excluding hydrogens is 480 g/mol. The molecule has 3 saturated carbocycles. The third-order valence-corrected chi connectivity index (χ3v) is 9.92. The minimum Gasteiger partial charge on any atom is -0.481 e. The van der Waals surface area contributed by atoms with Gasteiger partial charge in [-0.3, -0.25) is 14.4 Å². The zero-order valence-corrected chi connectivity index (χ0v) is 21.6. The minimum atomic E-state index is -1.33. The number of carboxylic acids is 1. The number of hydrogen-bond donors (Lipinski definition) is 5. The van der Waals surface area contributed by atoms with Gasteiger partial charge in [-0.25, -0.2) is 0 Å². The van der Waals surface area contributed by atoms with Gasteiger partial charge in [0.15, 0.2) is 5.78 Å². The first-order valence-electron chi connectivity index (χ1n) is 13.4. The lowest BCUT2D eigenvalue weighted by Gasteiger charge is -2.59. The van der Waals surface area contributed by atoms with E-state index in [4.69, 9.17) is 9.84 Å². The van der Waals surface area contributed by atoms with Crippen molar-refractivity contribution < 1.29 is 44.7 Å². The summed E-state index contributed by atoms with van der Waals surface area (Å²) in [5.74, 6) is -1.53. The number of ether oxygens (including phenoxy) is 1. The van der Waals surface area contributed by atoms with E-state index in [0.29, 0.717) is 12.8 Å². The molecule has 0 aromatic carbocycles. The van der Waals surface area contributed by atoms with Crippen LogP contribution in [0.3, 0.4) is 0 Å². The van der Waals surface area contributed by atoms with Crippen molar-refractivity contribution in [2.45, 2.75) is 95.5 Å². The highest BCUT2D eigenvalue weighted by Crippen LogP contribution is 2.67. The molecule has 4 aliphatic carbocycles. The molecule has 0 spiro atoms. The summed E-state index contributed by atoms with van der Waals surface area (Å²) < 4.78 is 5.29. The van der Waals surface area contributed by atoms with Gasteiger partial charge >= 0.3 is 11.9 Å². The Kier molecular flexibility index (Phi) is 7.74. The van der Waals surface area contributed by atoms with Crippen LogP contribution in [0.15, 0.2) is 23.8 Å². The molecule has 0 radical (unpaired) electrons. The second-order valence-corrected chi connectivity index (χ2v) is 12.1. The largest absolute Gasteiger partial charge is 0.481 e. The van der Waals surface area contributed by atoms with E-state index in [-0.39, 0.29) is 49.4 Å². The molecule has 0 aromatic rings. The Morgan fingerprint density at radius 3 is 2.62 bits per heavy atom. The summed E-state index contributed by atoms with van der Waals surface area (Å²) in [4.78, 5) is 35.3. The number of carboxylic acid groups (broad SMARTS) is 1. The predicted molar refractivity (Wildman–Crippen MR) is 132 cm³/mol. The van der Waals surface area contributed by atoms with Crippen LogP contribution in [0.5, 0.6) is 0 Å². The van der Waals surface area contributed by atoms with Crippen molar-refractivity contribution in [1.82, 2.24) is 0 Å². The SMILES string of the molecule is C[C@]12C=CC(=O)C=C1CCC1C2C(O)C[C@@]2(C)C1CC[C@]2(O)CC(=O)OCC[C@H](O)C[C@H](O)CC(=O)O. The van der Waals surface area contributed by atoms with Crippen LogP contribution in [0.25, 0.3) is 0 Å². The lowest BCUT2D eigenvalue weighted by Crippen LogP contribution is -2.59. The highest BCUT2D eigenvalue weighted by Gasteiger charge is 2.66. The summed E-state index contributed by atoms with van der Waals surface area (Å²) in [6.45, 7) is 3.96. The van der Waals surface area contributed by atoms with Gasteiger partial charge in [-0.05, 0) is 62.5 Å². The van der Waals surface area contributed by atoms with Gasteiger partial charge in [0.2, 0.25) is 0 Å². The molecule has 4 aliphatic rings. The first-order valence-corrected chi connectivity index (χ1v) is 13.4. The van der Waals surface area contributed by atoms with E-state index < -0.39 is 53.1 Å². The molecule has 0 aromatic heterocycles.